The molecule has 0 amide bonds. The Morgan fingerprint density at radius 2 is 1.08 bits per heavy atom. The van der Waals surface area contributed by atoms with Crippen molar-refractivity contribution in [1.82, 2.24) is 4.90 Å². The van der Waals surface area contributed by atoms with Gasteiger partial charge in [0.2, 0.25) is 0 Å². The number of hydrogen-bond donors (Lipinski definition) is 3. The van der Waals surface area contributed by atoms with E-state index in [1.807, 2.05) is 0 Å². The number of nitrogens with two attached hydrogens (primary N) is 1. The molecule has 0 spiro atoms. The minimum Gasteiger partial charge on any atom is -0.388 e. The normalized spacial score (nSPS) is 19.4. The molecule has 0 aromatic rings. The summed E-state index contributed by atoms with van der Waals surface area (Å²) in [7, 11) is 0. The third-order valence-corrected chi connectivity index (χ3v) is 6.36. The molecule has 4 nitrogen and oxygen atoms in total. The van der Waals surface area contributed by atoms with E-state index >= 15 is 0 Å². The smallest absolute Gasteiger partial charge is 0.0962 e. The molecule has 0 heterocycles. The van der Waals surface area contributed by atoms with Crippen molar-refractivity contribution in [2.24, 2.45) is 5.73 Å². The van der Waals surface area contributed by atoms with Crippen molar-refractivity contribution < 1.29 is 0 Å². The second kappa shape index (κ2) is 12.3. The molecule has 2 saturated carbocycles. The van der Waals surface area contributed by atoms with E-state index in [-0.39, 0.29) is 0 Å². The molecule has 0 atom stereocenters. The van der Waals surface area contributed by atoms with Crippen molar-refractivity contribution >= 4 is 11.7 Å². The Hall–Kier alpha value is -1.06. The van der Waals surface area contributed by atoms with Crippen molar-refractivity contribution in [1.29, 1.82) is 10.8 Å². The summed E-state index contributed by atoms with van der Waals surface area (Å²) in [6.45, 7) is 0. The van der Waals surface area contributed by atoms with Crippen LogP contribution < -0.4 is 5.73 Å². The van der Waals surface area contributed by atoms with Gasteiger partial charge in [0.25, 0.3) is 0 Å². The number of rotatable bonds is 11. The number of unbranched alkanes of at least 4 members (excludes halogenated alkanes) is 5. The summed E-state index contributed by atoms with van der Waals surface area (Å²) in [6.07, 6.45) is 22.4. The van der Waals surface area contributed by atoms with Crippen molar-refractivity contribution in [2.75, 3.05) is 0 Å². The predicted octanol–water partition coefficient (Wildman–Crippen LogP) is 5.99. The van der Waals surface area contributed by atoms with Gasteiger partial charge in [-0.2, -0.15) is 0 Å². The number of nitrogens with one attached hydrogen (secondary N) is 2. The summed E-state index contributed by atoms with van der Waals surface area (Å²) in [5.41, 5.74) is 5.39. The van der Waals surface area contributed by atoms with E-state index in [9.17, 15) is 0 Å². The average molecular weight is 363 g/mol. The lowest BCUT2D eigenvalue weighted by Crippen LogP contribution is -2.48. The van der Waals surface area contributed by atoms with Gasteiger partial charge in [0.1, 0.15) is 0 Å². The van der Waals surface area contributed by atoms with E-state index in [0.29, 0.717) is 17.9 Å². The van der Waals surface area contributed by atoms with Crippen LogP contribution in [0.15, 0.2) is 0 Å². The molecule has 26 heavy (non-hydrogen) atoms. The van der Waals surface area contributed by atoms with Crippen LogP contribution >= 0.6 is 0 Å². The largest absolute Gasteiger partial charge is 0.388 e. The standard InChI is InChI=1S/C22H42N4/c23-21(24)17-11-3-1-2-4-12-18-22(25)26(19-13-7-5-8-14-19)20-15-9-6-10-16-20/h19-20,25H,1-18H2,(H3,23,24). The van der Waals surface area contributed by atoms with Gasteiger partial charge in [0.15, 0.2) is 0 Å². The molecule has 0 unspecified atom stereocenters. The van der Waals surface area contributed by atoms with Crippen molar-refractivity contribution in [3.8, 4) is 0 Å². The second-order valence-electron chi connectivity index (χ2n) is 8.58. The van der Waals surface area contributed by atoms with Crippen molar-refractivity contribution in [3.63, 3.8) is 0 Å². The molecule has 0 aromatic carbocycles. The van der Waals surface area contributed by atoms with E-state index in [1.54, 1.807) is 0 Å². The Morgan fingerprint density at radius 1 is 0.654 bits per heavy atom. The van der Waals surface area contributed by atoms with Crippen LogP contribution in [0.25, 0.3) is 0 Å². The molecule has 0 aromatic heterocycles. The summed E-state index contributed by atoms with van der Waals surface area (Å²) in [5.74, 6) is 1.27. The van der Waals surface area contributed by atoms with E-state index in [1.165, 1.54) is 96.3 Å². The first-order valence-corrected chi connectivity index (χ1v) is 11.4. The molecule has 2 rings (SSSR count). The van der Waals surface area contributed by atoms with Crippen LogP contribution in [0.2, 0.25) is 0 Å². The SMILES string of the molecule is N=C(N)CCCCCCCCC(=N)N(C1CCCCC1)C1CCCCC1. The highest BCUT2D eigenvalue weighted by Gasteiger charge is 2.30. The summed E-state index contributed by atoms with van der Waals surface area (Å²) < 4.78 is 0. The average Bonchev–Trinajstić information content (AvgIpc) is 2.65. The lowest BCUT2D eigenvalue weighted by Gasteiger charge is -2.43. The van der Waals surface area contributed by atoms with Crippen LogP contribution in [0.5, 0.6) is 0 Å². The highest BCUT2D eigenvalue weighted by Crippen LogP contribution is 2.31. The van der Waals surface area contributed by atoms with Gasteiger partial charge in [-0.25, -0.2) is 0 Å². The first-order valence-electron chi connectivity index (χ1n) is 11.4. The summed E-state index contributed by atoms with van der Waals surface area (Å²) in [5, 5.41) is 16.0. The molecule has 2 aliphatic carbocycles. The minimum absolute atomic E-state index is 0.323. The van der Waals surface area contributed by atoms with Gasteiger partial charge in [0.05, 0.1) is 11.7 Å². The Bertz CT molecular complexity index is 390. The first-order chi connectivity index (χ1) is 12.7. The molecule has 4 heteroatoms. The molecule has 0 bridgehead atoms. The van der Waals surface area contributed by atoms with Gasteiger partial charge >= 0.3 is 0 Å². The molecule has 0 radical (unpaired) electrons. The maximum absolute atomic E-state index is 8.80. The zero-order valence-electron chi connectivity index (χ0n) is 16.9. The van der Waals surface area contributed by atoms with Crippen LogP contribution in [0.4, 0.5) is 0 Å². The van der Waals surface area contributed by atoms with Crippen molar-refractivity contribution in [3.05, 3.63) is 0 Å². The maximum atomic E-state index is 8.80. The Labute approximate surface area is 161 Å². The highest BCUT2D eigenvalue weighted by molar-refractivity contribution is 5.79. The molecule has 0 aliphatic heterocycles. The molecule has 0 saturated heterocycles. The lowest BCUT2D eigenvalue weighted by molar-refractivity contribution is 0.153. The lowest BCUT2D eigenvalue weighted by atomic mass is 9.88. The Morgan fingerprint density at radius 3 is 1.54 bits per heavy atom. The predicted molar refractivity (Wildman–Crippen MR) is 112 cm³/mol. The molecule has 4 N–H and O–H groups in total. The highest BCUT2D eigenvalue weighted by atomic mass is 15.2. The first kappa shape index (κ1) is 21.2. The minimum atomic E-state index is 0.323. The van der Waals surface area contributed by atoms with Crippen LogP contribution in [-0.2, 0) is 0 Å². The van der Waals surface area contributed by atoms with Crippen LogP contribution in [0.1, 0.15) is 116 Å². The third kappa shape index (κ3) is 7.67. The van der Waals surface area contributed by atoms with Crippen LogP contribution in [0, 0.1) is 10.8 Å². The third-order valence-electron chi connectivity index (χ3n) is 6.36. The van der Waals surface area contributed by atoms with E-state index in [2.05, 4.69) is 4.90 Å². The van der Waals surface area contributed by atoms with Crippen LogP contribution in [0.3, 0.4) is 0 Å². The zero-order valence-corrected chi connectivity index (χ0v) is 16.9. The second-order valence-corrected chi connectivity index (χ2v) is 8.58. The molecule has 2 fully saturated rings. The van der Waals surface area contributed by atoms with E-state index in [0.717, 1.165) is 25.1 Å². The summed E-state index contributed by atoms with van der Waals surface area (Å²) in [6, 6.07) is 1.32. The van der Waals surface area contributed by atoms with Crippen LogP contribution in [-0.4, -0.2) is 28.7 Å². The molecule has 150 valence electrons. The fraction of sp³-hybridized carbons (Fsp3) is 0.909. The fourth-order valence-corrected chi connectivity index (χ4v) is 4.90. The van der Waals surface area contributed by atoms with Gasteiger partial charge in [-0.05, 0) is 38.5 Å². The molecular weight excluding hydrogens is 320 g/mol. The quantitative estimate of drug-likeness (QED) is 0.240. The van der Waals surface area contributed by atoms with Crippen molar-refractivity contribution in [2.45, 2.75) is 128 Å². The molecule has 2 aliphatic rings. The van der Waals surface area contributed by atoms with E-state index < -0.39 is 0 Å². The topological polar surface area (TPSA) is 77.0 Å². The van der Waals surface area contributed by atoms with Gasteiger partial charge < -0.3 is 10.6 Å². The van der Waals surface area contributed by atoms with Gasteiger partial charge in [0, 0.05) is 24.9 Å². The Kier molecular flexibility index (Phi) is 10.1. The maximum Gasteiger partial charge on any atom is 0.0962 e. The van der Waals surface area contributed by atoms with Gasteiger partial charge in [-0.15, -0.1) is 0 Å². The van der Waals surface area contributed by atoms with Gasteiger partial charge in [-0.3, -0.25) is 10.8 Å². The monoisotopic (exact) mass is 362 g/mol. The number of hydrogen-bond acceptors (Lipinski definition) is 2. The zero-order chi connectivity index (χ0) is 18.6. The summed E-state index contributed by atoms with van der Waals surface area (Å²) in [4.78, 5) is 2.59. The van der Waals surface area contributed by atoms with Gasteiger partial charge in [-0.1, -0.05) is 64.2 Å². The summed E-state index contributed by atoms with van der Waals surface area (Å²) >= 11 is 0. The molecular formula is C22H42N4. The fourth-order valence-electron chi connectivity index (χ4n) is 4.90. The number of nitrogens with zero attached hydrogens (tertiary/aromatic N) is 1. The number of amidine groups is 2. The Balaban J connectivity index is 1.69. The van der Waals surface area contributed by atoms with E-state index in [4.69, 9.17) is 16.6 Å².